The van der Waals surface area contributed by atoms with Crippen LogP contribution in [0.3, 0.4) is 0 Å². The first-order valence-electron chi connectivity index (χ1n) is 8.45. The molecule has 0 saturated carbocycles. The van der Waals surface area contributed by atoms with Crippen molar-refractivity contribution in [2.24, 2.45) is 0 Å². The molecule has 0 aromatic heterocycles. The van der Waals surface area contributed by atoms with E-state index in [-0.39, 0.29) is 18.2 Å². The van der Waals surface area contributed by atoms with Gasteiger partial charge in [0.05, 0.1) is 21.3 Å². The second-order valence-corrected chi connectivity index (χ2v) is 5.90. The lowest BCUT2D eigenvalue weighted by Crippen LogP contribution is -2.45. The van der Waals surface area contributed by atoms with Crippen LogP contribution < -0.4 is 24.8 Å². The molecule has 0 bridgehead atoms. The third kappa shape index (κ3) is 4.78. The molecule has 25 heavy (non-hydrogen) atoms. The number of carbonyl (C=O) groups excluding carboxylic acids is 2. The minimum atomic E-state index is -0.442. The molecule has 1 saturated heterocycles. The molecular formula is C18H26N2O5. The molecule has 138 valence electrons. The van der Waals surface area contributed by atoms with Gasteiger partial charge in [-0.2, -0.15) is 0 Å². The predicted octanol–water partition coefficient (Wildman–Crippen LogP) is 1.43. The van der Waals surface area contributed by atoms with Crippen LogP contribution in [0.15, 0.2) is 12.1 Å². The molecule has 0 aliphatic carbocycles. The summed E-state index contributed by atoms with van der Waals surface area (Å²) < 4.78 is 16.0. The Kier molecular flexibility index (Phi) is 6.91. The number of hydrogen-bond donors (Lipinski definition) is 2. The number of rotatable bonds is 7. The van der Waals surface area contributed by atoms with Crippen molar-refractivity contribution >= 4 is 11.8 Å². The van der Waals surface area contributed by atoms with Gasteiger partial charge in [0.2, 0.25) is 17.6 Å². The lowest BCUT2D eigenvalue weighted by molar-refractivity contribution is -0.128. The predicted molar refractivity (Wildman–Crippen MR) is 93.2 cm³/mol. The number of aryl methyl sites for hydroxylation is 1. The number of hydrogen-bond acceptors (Lipinski definition) is 5. The van der Waals surface area contributed by atoms with Crippen LogP contribution in [-0.4, -0.2) is 45.7 Å². The smallest absolute Gasteiger partial charge is 0.242 e. The molecule has 0 unspecified atom stereocenters. The first-order chi connectivity index (χ1) is 12.1. The van der Waals surface area contributed by atoms with Gasteiger partial charge in [-0.25, -0.2) is 0 Å². The zero-order chi connectivity index (χ0) is 18.2. The van der Waals surface area contributed by atoms with Gasteiger partial charge in [-0.3, -0.25) is 9.59 Å². The molecule has 1 aromatic carbocycles. The molecule has 1 aliphatic rings. The van der Waals surface area contributed by atoms with Crippen LogP contribution in [0.5, 0.6) is 17.2 Å². The Bertz CT molecular complexity index is 618. The van der Waals surface area contributed by atoms with E-state index in [1.54, 1.807) is 27.4 Å². The van der Waals surface area contributed by atoms with E-state index in [0.29, 0.717) is 36.6 Å². The summed E-state index contributed by atoms with van der Waals surface area (Å²) in [5.74, 6) is 1.38. The first kappa shape index (κ1) is 18.9. The Hall–Kier alpha value is -2.44. The Morgan fingerprint density at radius 3 is 2.60 bits per heavy atom. The van der Waals surface area contributed by atoms with E-state index >= 15 is 0 Å². The molecule has 7 heteroatoms. The molecule has 1 aliphatic heterocycles. The van der Waals surface area contributed by atoms with Crippen molar-refractivity contribution in [3.8, 4) is 17.2 Å². The highest BCUT2D eigenvalue weighted by Crippen LogP contribution is 2.40. The van der Waals surface area contributed by atoms with Crippen LogP contribution in [0, 0.1) is 0 Å². The van der Waals surface area contributed by atoms with Crippen molar-refractivity contribution in [2.45, 2.75) is 38.1 Å². The lowest BCUT2D eigenvalue weighted by Gasteiger charge is -2.17. The van der Waals surface area contributed by atoms with Crippen molar-refractivity contribution < 1.29 is 23.8 Å². The first-order valence-corrected chi connectivity index (χ1v) is 8.45. The zero-order valence-electron chi connectivity index (χ0n) is 15.0. The van der Waals surface area contributed by atoms with Gasteiger partial charge in [0, 0.05) is 13.0 Å². The number of ether oxygens (including phenoxy) is 3. The average Bonchev–Trinajstić information content (AvgIpc) is 2.83. The topological polar surface area (TPSA) is 85.9 Å². The zero-order valence-corrected chi connectivity index (χ0v) is 15.0. The highest BCUT2D eigenvalue weighted by Gasteiger charge is 2.22. The van der Waals surface area contributed by atoms with Gasteiger partial charge >= 0.3 is 0 Å². The van der Waals surface area contributed by atoms with Crippen LogP contribution in [-0.2, 0) is 16.0 Å². The highest BCUT2D eigenvalue weighted by atomic mass is 16.5. The summed E-state index contributed by atoms with van der Waals surface area (Å²) in [6.07, 6.45) is 3.28. The van der Waals surface area contributed by atoms with Gasteiger partial charge in [-0.1, -0.05) is 6.07 Å². The van der Waals surface area contributed by atoms with E-state index in [0.717, 1.165) is 18.4 Å². The largest absolute Gasteiger partial charge is 0.493 e. The van der Waals surface area contributed by atoms with Crippen molar-refractivity contribution in [3.63, 3.8) is 0 Å². The van der Waals surface area contributed by atoms with Gasteiger partial charge in [0.15, 0.2) is 11.5 Å². The van der Waals surface area contributed by atoms with Crippen molar-refractivity contribution in [1.29, 1.82) is 0 Å². The quantitative estimate of drug-likeness (QED) is 0.777. The van der Waals surface area contributed by atoms with Crippen LogP contribution in [0.2, 0.25) is 0 Å². The molecule has 2 amide bonds. The number of methoxy groups -OCH3 is 3. The summed E-state index contributed by atoms with van der Waals surface area (Å²) in [6.45, 7) is 0.675. The average molecular weight is 350 g/mol. The highest BCUT2D eigenvalue weighted by molar-refractivity contribution is 5.87. The van der Waals surface area contributed by atoms with Gasteiger partial charge in [-0.05, 0) is 37.3 Å². The van der Waals surface area contributed by atoms with E-state index in [1.165, 1.54) is 0 Å². The molecule has 1 aromatic rings. The standard InChI is InChI=1S/C18H26N2O5/c1-23-14-9-7-12(16(24-2)17(14)25-3)8-10-15(21)20-13-6-4-5-11-19-18(13)22/h7,9,13H,4-6,8,10-11H2,1-3H3,(H,19,22)(H,20,21)/t13-/m0/s1. The maximum Gasteiger partial charge on any atom is 0.242 e. The fourth-order valence-corrected chi connectivity index (χ4v) is 2.95. The van der Waals surface area contributed by atoms with E-state index in [4.69, 9.17) is 14.2 Å². The molecule has 1 heterocycles. The number of nitrogens with one attached hydrogen (secondary N) is 2. The van der Waals surface area contributed by atoms with Crippen LogP contribution in [0.25, 0.3) is 0 Å². The Morgan fingerprint density at radius 1 is 1.16 bits per heavy atom. The molecular weight excluding hydrogens is 324 g/mol. The number of carbonyl (C=O) groups is 2. The summed E-state index contributed by atoms with van der Waals surface area (Å²) >= 11 is 0. The molecule has 1 fully saturated rings. The molecule has 0 radical (unpaired) electrons. The summed E-state index contributed by atoms with van der Waals surface area (Å²) in [7, 11) is 4.65. The minimum Gasteiger partial charge on any atom is -0.493 e. The summed E-state index contributed by atoms with van der Waals surface area (Å²) in [5, 5.41) is 5.64. The Morgan fingerprint density at radius 2 is 1.92 bits per heavy atom. The third-order valence-corrected chi connectivity index (χ3v) is 4.28. The summed E-state index contributed by atoms with van der Waals surface area (Å²) in [4.78, 5) is 24.1. The van der Waals surface area contributed by atoms with Crippen molar-refractivity contribution in [3.05, 3.63) is 17.7 Å². The molecule has 2 N–H and O–H groups in total. The maximum atomic E-state index is 12.2. The third-order valence-electron chi connectivity index (χ3n) is 4.28. The van der Waals surface area contributed by atoms with Crippen LogP contribution in [0.4, 0.5) is 0 Å². The van der Waals surface area contributed by atoms with E-state index in [2.05, 4.69) is 10.6 Å². The molecule has 2 rings (SSSR count). The summed E-state index contributed by atoms with van der Waals surface area (Å²) in [6, 6.07) is 3.20. The maximum absolute atomic E-state index is 12.2. The van der Waals surface area contributed by atoms with E-state index in [9.17, 15) is 9.59 Å². The van der Waals surface area contributed by atoms with Crippen molar-refractivity contribution in [1.82, 2.24) is 10.6 Å². The molecule has 7 nitrogen and oxygen atoms in total. The molecule has 1 atom stereocenters. The van der Waals surface area contributed by atoms with E-state index in [1.807, 2.05) is 6.07 Å². The van der Waals surface area contributed by atoms with Gasteiger partial charge in [0.1, 0.15) is 6.04 Å². The normalized spacial score (nSPS) is 17.2. The fraction of sp³-hybridized carbons (Fsp3) is 0.556. The lowest BCUT2D eigenvalue weighted by atomic mass is 10.1. The monoisotopic (exact) mass is 350 g/mol. The van der Waals surface area contributed by atoms with Crippen LogP contribution >= 0.6 is 0 Å². The van der Waals surface area contributed by atoms with Crippen LogP contribution in [0.1, 0.15) is 31.2 Å². The second kappa shape index (κ2) is 9.15. The van der Waals surface area contributed by atoms with Crippen molar-refractivity contribution in [2.75, 3.05) is 27.9 Å². The SMILES string of the molecule is COc1ccc(CCC(=O)N[C@H]2CCCCNC2=O)c(OC)c1OC. The summed E-state index contributed by atoms with van der Waals surface area (Å²) in [5.41, 5.74) is 0.848. The van der Waals surface area contributed by atoms with Gasteiger partial charge < -0.3 is 24.8 Å². The Balaban J connectivity index is 2.00. The minimum absolute atomic E-state index is 0.102. The Labute approximate surface area is 148 Å². The second-order valence-electron chi connectivity index (χ2n) is 5.90. The number of amides is 2. The number of benzene rings is 1. The van der Waals surface area contributed by atoms with Gasteiger partial charge in [0.25, 0.3) is 0 Å². The fourth-order valence-electron chi connectivity index (χ4n) is 2.95. The molecule has 0 spiro atoms. The van der Waals surface area contributed by atoms with Gasteiger partial charge in [-0.15, -0.1) is 0 Å². The van der Waals surface area contributed by atoms with E-state index < -0.39 is 6.04 Å².